The van der Waals surface area contributed by atoms with Crippen LogP contribution in [0.3, 0.4) is 0 Å². The summed E-state index contributed by atoms with van der Waals surface area (Å²) >= 11 is 1.37. The summed E-state index contributed by atoms with van der Waals surface area (Å²) in [6.45, 7) is 3.76. The lowest BCUT2D eigenvalue weighted by Gasteiger charge is -2.18. The Morgan fingerprint density at radius 1 is 1.22 bits per heavy atom. The molecule has 0 bridgehead atoms. The summed E-state index contributed by atoms with van der Waals surface area (Å²) in [5, 5.41) is 0.909. The molecule has 0 N–H and O–H groups in total. The molecule has 0 atom stereocenters. The Morgan fingerprint density at radius 2 is 1.93 bits per heavy atom. The van der Waals surface area contributed by atoms with Gasteiger partial charge in [-0.15, -0.1) is 0 Å². The smallest absolute Gasteiger partial charge is 0.267 e. The largest absolute Gasteiger partial charge is 0.278 e. The minimum absolute atomic E-state index is 0.164. The summed E-state index contributed by atoms with van der Waals surface area (Å²) < 4.78 is 27.9. The maximum atomic E-state index is 12.9. The molecular formula is C16H20N6O3S2. The lowest BCUT2D eigenvalue weighted by Crippen LogP contribution is -2.27. The third kappa shape index (κ3) is 3.44. The first-order valence-electron chi connectivity index (χ1n) is 8.10. The normalized spacial score (nSPS) is 12.1. The van der Waals surface area contributed by atoms with E-state index in [2.05, 4.69) is 15.0 Å². The Morgan fingerprint density at radius 3 is 2.52 bits per heavy atom. The van der Waals surface area contributed by atoms with E-state index in [1.807, 2.05) is 20.1 Å². The first kappa shape index (κ1) is 19.4. The maximum absolute atomic E-state index is 12.9. The number of hydrogen-bond donors (Lipinski definition) is 0. The molecule has 3 rings (SSSR count). The second kappa shape index (κ2) is 6.97. The van der Waals surface area contributed by atoms with E-state index < -0.39 is 10.0 Å². The van der Waals surface area contributed by atoms with Crippen LogP contribution >= 0.6 is 11.8 Å². The first-order chi connectivity index (χ1) is 12.6. The molecule has 27 heavy (non-hydrogen) atoms. The molecule has 0 saturated heterocycles. The number of sulfonamides is 1. The Hall–Kier alpha value is -2.40. The fourth-order valence-corrected chi connectivity index (χ4v) is 3.42. The number of hydrogen-bond acceptors (Lipinski definition) is 7. The summed E-state index contributed by atoms with van der Waals surface area (Å²) in [6, 6.07) is 4.83. The van der Waals surface area contributed by atoms with Crippen LogP contribution in [0.5, 0.6) is 0 Å². The minimum Gasteiger partial charge on any atom is -0.267 e. The van der Waals surface area contributed by atoms with Crippen LogP contribution in [0.25, 0.3) is 16.9 Å². The van der Waals surface area contributed by atoms with Crippen molar-refractivity contribution in [2.75, 3.05) is 23.9 Å². The summed E-state index contributed by atoms with van der Waals surface area (Å²) in [5.74, 6) is 0.647. The summed E-state index contributed by atoms with van der Waals surface area (Å²) in [5.41, 5.74) is 0.205. The van der Waals surface area contributed by atoms with Crippen LogP contribution in [0.2, 0.25) is 0 Å². The molecule has 0 aromatic carbocycles. The van der Waals surface area contributed by atoms with Crippen LogP contribution in [-0.4, -0.2) is 52.3 Å². The molecule has 144 valence electrons. The van der Waals surface area contributed by atoms with E-state index in [4.69, 9.17) is 0 Å². The van der Waals surface area contributed by atoms with Crippen LogP contribution in [0.4, 0.5) is 5.82 Å². The molecule has 0 unspecified atom stereocenters. The van der Waals surface area contributed by atoms with Gasteiger partial charge in [0.1, 0.15) is 11.2 Å². The van der Waals surface area contributed by atoms with Gasteiger partial charge in [0, 0.05) is 19.3 Å². The number of anilines is 1. The Labute approximate surface area is 161 Å². The van der Waals surface area contributed by atoms with Gasteiger partial charge in [-0.3, -0.25) is 9.10 Å². The Kier molecular flexibility index (Phi) is 5.00. The van der Waals surface area contributed by atoms with Crippen molar-refractivity contribution in [2.24, 2.45) is 0 Å². The zero-order valence-corrected chi connectivity index (χ0v) is 17.2. The molecule has 3 aromatic heterocycles. The molecule has 0 spiro atoms. The van der Waals surface area contributed by atoms with Gasteiger partial charge in [0.05, 0.1) is 6.26 Å². The molecule has 0 radical (unpaired) electrons. The number of aromatic nitrogens is 5. The highest BCUT2D eigenvalue weighted by molar-refractivity contribution is 7.98. The topological polar surface area (TPSA) is 103 Å². The van der Waals surface area contributed by atoms with Gasteiger partial charge in [-0.25, -0.2) is 32.7 Å². The SMILES string of the molecule is CSc1ncc2c(=O)n(C(C)C)n(-c3cccc(N(C)S(C)(=O)=O)n3)c2n1. The van der Waals surface area contributed by atoms with Crippen molar-refractivity contribution in [3.8, 4) is 5.82 Å². The number of nitrogens with zero attached hydrogens (tertiary/aromatic N) is 6. The Bertz CT molecular complexity index is 1170. The van der Waals surface area contributed by atoms with Gasteiger partial charge in [0.2, 0.25) is 10.0 Å². The van der Waals surface area contributed by atoms with Crippen molar-refractivity contribution in [1.29, 1.82) is 0 Å². The van der Waals surface area contributed by atoms with Crippen molar-refractivity contribution in [3.05, 3.63) is 34.7 Å². The van der Waals surface area contributed by atoms with E-state index in [0.717, 1.165) is 10.6 Å². The number of fused-ring (bicyclic) bond motifs is 1. The fraction of sp³-hybridized carbons (Fsp3) is 0.375. The van der Waals surface area contributed by atoms with Gasteiger partial charge < -0.3 is 0 Å². The van der Waals surface area contributed by atoms with E-state index in [1.165, 1.54) is 29.7 Å². The predicted molar refractivity (Wildman–Crippen MR) is 106 cm³/mol. The van der Waals surface area contributed by atoms with Crippen molar-refractivity contribution >= 4 is 38.6 Å². The average molecular weight is 409 g/mol. The molecule has 11 heteroatoms. The summed E-state index contributed by atoms with van der Waals surface area (Å²) in [4.78, 5) is 26.0. The molecular weight excluding hydrogens is 388 g/mol. The molecule has 9 nitrogen and oxygen atoms in total. The number of rotatable bonds is 5. The monoisotopic (exact) mass is 408 g/mol. The van der Waals surface area contributed by atoms with Gasteiger partial charge in [-0.2, -0.15) is 0 Å². The van der Waals surface area contributed by atoms with E-state index >= 15 is 0 Å². The first-order valence-corrected chi connectivity index (χ1v) is 11.2. The van der Waals surface area contributed by atoms with Crippen molar-refractivity contribution < 1.29 is 8.42 Å². The Balaban J connectivity index is 2.34. The van der Waals surface area contributed by atoms with E-state index in [-0.39, 0.29) is 17.4 Å². The van der Waals surface area contributed by atoms with Gasteiger partial charge >= 0.3 is 0 Å². The second-order valence-corrected chi connectivity index (χ2v) is 9.02. The van der Waals surface area contributed by atoms with Gasteiger partial charge in [-0.05, 0) is 32.2 Å². The third-order valence-corrected chi connectivity index (χ3v) is 5.77. The fourth-order valence-electron chi connectivity index (χ4n) is 2.64. The number of thioether (sulfide) groups is 1. The van der Waals surface area contributed by atoms with Crippen LogP contribution < -0.4 is 9.86 Å². The van der Waals surface area contributed by atoms with Gasteiger partial charge in [0.25, 0.3) is 5.56 Å². The molecule has 0 fully saturated rings. The molecule has 3 aromatic rings. The summed E-state index contributed by atoms with van der Waals surface area (Å²) in [6.07, 6.45) is 4.47. The zero-order chi connectivity index (χ0) is 19.9. The highest BCUT2D eigenvalue weighted by Gasteiger charge is 2.21. The molecule has 0 saturated carbocycles. The molecule has 0 aliphatic rings. The van der Waals surface area contributed by atoms with Crippen LogP contribution in [-0.2, 0) is 10.0 Å². The highest BCUT2D eigenvalue weighted by atomic mass is 32.2. The average Bonchev–Trinajstić information content (AvgIpc) is 2.92. The maximum Gasteiger partial charge on any atom is 0.278 e. The lowest BCUT2D eigenvalue weighted by molar-refractivity contribution is 0.471. The van der Waals surface area contributed by atoms with E-state index in [9.17, 15) is 13.2 Å². The standard InChI is InChI=1S/C16H20N6O3S2/c1-10(2)21-15(23)11-9-17-16(26-4)19-14(11)22(21)13-8-6-7-12(18-13)20(3)27(5,24)25/h6-10H,1-5H3. The van der Waals surface area contributed by atoms with Crippen LogP contribution in [0.15, 0.2) is 34.3 Å². The van der Waals surface area contributed by atoms with Gasteiger partial charge in [0.15, 0.2) is 16.6 Å². The lowest BCUT2D eigenvalue weighted by atomic mass is 10.4. The van der Waals surface area contributed by atoms with Crippen molar-refractivity contribution in [2.45, 2.75) is 25.0 Å². The summed E-state index contributed by atoms with van der Waals surface area (Å²) in [7, 11) is -2.04. The van der Waals surface area contributed by atoms with Crippen molar-refractivity contribution in [3.63, 3.8) is 0 Å². The number of pyridine rings is 1. The van der Waals surface area contributed by atoms with E-state index in [1.54, 1.807) is 22.9 Å². The van der Waals surface area contributed by atoms with E-state index in [0.29, 0.717) is 22.0 Å². The minimum atomic E-state index is -3.47. The molecule has 0 aliphatic carbocycles. The zero-order valence-electron chi connectivity index (χ0n) is 15.6. The predicted octanol–water partition coefficient (Wildman–Crippen LogP) is 1.68. The second-order valence-electron chi connectivity index (χ2n) is 6.23. The quantitative estimate of drug-likeness (QED) is 0.467. The van der Waals surface area contributed by atoms with Crippen LogP contribution in [0, 0.1) is 0 Å². The molecule has 0 aliphatic heterocycles. The molecule has 0 amide bonds. The third-order valence-electron chi connectivity index (χ3n) is 4.03. The highest BCUT2D eigenvalue weighted by Crippen LogP contribution is 2.21. The van der Waals surface area contributed by atoms with Crippen molar-refractivity contribution in [1.82, 2.24) is 24.3 Å². The van der Waals surface area contributed by atoms with Gasteiger partial charge in [-0.1, -0.05) is 17.8 Å². The molecule has 3 heterocycles. The van der Waals surface area contributed by atoms with Crippen LogP contribution in [0.1, 0.15) is 19.9 Å².